The van der Waals surface area contributed by atoms with Gasteiger partial charge in [0.05, 0.1) is 19.2 Å². The maximum absolute atomic E-state index is 13.1. The average molecular weight is 470 g/mol. The predicted octanol–water partition coefficient (Wildman–Crippen LogP) is 1.22. The molecule has 34 heavy (non-hydrogen) atoms. The van der Waals surface area contributed by atoms with Crippen LogP contribution >= 0.6 is 0 Å². The van der Waals surface area contributed by atoms with Crippen molar-refractivity contribution in [2.24, 2.45) is 11.8 Å². The first-order valence-electron chi connectivity index (χ1n) is 11.4. The summed E-state index contributed by atoms with van der Waals surface area (Å²) in [5.74, 6) is -0.842. The van der Waals surface area contributed by atoms with Gasteiger partial charge in [-0.3, -0.25) is 14.4 Å². The summed E-state index contributed by atoms with van der Waals surface area (Å²) in [6, 6.07) is 6.98. The lowest BCUT2D eigenvalue weighted by atomic mass is 9.94. The maximum Gasteiger partial charge on any atom is 0.268 e. The number of benzene rings is 1. The van der Waals surface area contributed by atoms with E-state index in [0.29, 0.717) is 25.1 Å². The molecule has 5 N–H and O–H groups in total. The molecule has 1 aromatic carbocycles. The van der Waals surface area contributed by atoms with Crippen LogP contribution in [0.4, 0.5) is 0 Å². The minimum absolute atomic E-state index is 0.0822. The van der Waals surface area contributed by atoms with E-state index in [0.717, 1.165) is 10.9 Å². The van der Waals surface area contributed by atoms with E-state index in [-0.39, 0.29) is 23.9 Å². The normalized spacial score (nSPS) is 18.1. The van der Waals surface area contributed by atoms with Crippen molar-refractivity contribution in [1.29, 1.82) is 5.26 Å². The van der Waals surface area contributed by atoms with Crippen LogP contribution in [0.1, 0.15) is 43.6 Å². The van der Waals surface area contributed by atoms with Gasteiger partial charge < -0.3 is 30.8 Å². The van der Waals surface area contributed by atoms with Crippen LogP contribution in [0, 0.1) is 23.2 Å². The van der Waals surface area contributed by atoms with E-state index < -0.39 is 35.9 Å². The molecule has 10 heteroatoms. The number of hydrogen-bond acceptors (Lipinski definition) is 6. The molecule has 0 aliphatic carbocycles. The van der Waals surface area contributed by atoms with Crippen molar-refractivity contribution < 1.29 is 24.2 Å². The highest BCUT2D eigenvalue weighted by Gasteiger charge is 2.33. The predicted molar refractivity (Wildman–Crippen MR) is 125 cm³/mol. The number of nitriles is 1. The number of aromatic nitrogens is 1. The molecule has 2 aromatic rings. The number of carbonyl (C=O) groups is 3. The van der Waals surface area contributed by atoms with Gasteiger partial charge in [-0.25, -0.2) is 0 Å². The van der Waals surface area contributed by atoms with Crippen molar-refractivity contribution in [2.45, 2.75) is 51.3 Å². The molecule has 0 radical (unpaired) electrons. The van der Waals surface area contributed by atoms with Gasteiger partial charge >= 0.3 is 0 Å². The van der Waals surface area contributed by atoms with Crippen molar-refractivity contribution in [3.8, 4) is 11.8 Å². The van der Waals surface area contributed by atoms with Crippen LogP contribution < -0.4 is 20.7 Å². The van der Waals surface area contributed by atoms with Gasteiger partial charge in [0.1, 0.15) is 17.5 Å². The summed E-state index contributed by atoms with van der Waals surface area (Å²) < 4.78 is 5.34. The second-order valence-corrected chi connectivity index (χ2v) is 8.96. The zero-order valence-corrected chi connectivity index (χ0v) is 19.6. The standard InChI is InChI=1S/C24H31N5O5/c1-13(2)9-18(23(32)28-17(20(30)12-25)10-14-7-8-26-22(14)31)29-24(33)19-11-15-16(27-19)5-4-6-21(15)34-3/h4-6,11,13-14,17-18,20,27,30H,7-10H2,1-3H3,(H,26,31)(H,28,32)(H,29,33)/t14-,17-,18+,20?/m1/s1. The molecule has 0 spiro atoms. The Kier molecular flexibility index (Phi) is 8.12. The molecule has 3 rings (SSSR count). The number of H-pyrrole nitrogens is 1. The van der Waals surface area contributed by atoms with E-state index in [2.05, 4.69) is 20.9 Å². The Hall–Kier alpha value is -3.58. The first-order chi connectivity index (χ1) is 16.2. The second-order valence-electron chi connectivity index (χ2n) is 8.96. The Labute approximate surface area is 198 Å². The third-order valence-corrected chi connectivity index (χ3v) is 5.96. The van der Waals surface area contributed by atoms with Crippen LogP contribution in [-0.2, 0) is 9.59 Å². The molecule has 1 fully saturated rings. The number of fused-ring (bicyclic) bond motifs is 1. The number of aliphatic hydroxyl groups is 1. The largest absolute Gasteiger partial charge is 0.496 e. The first-order valence-corrected chi connectivity index (χ1v) is 11.4. The zero-order valence-electron chi connectivity index (χ0n) is 19.6. The molecule has 3 amide bonds. The van der Waals surface area contributed by atoms with Gasteiger partial charge in [-0.1, -0.05) is 19.9 Å². The van der Waals surface area contributed by atoms with Crippen molar-refractivity contribution >= 4 is 28.6 Å². The number of nitrogens with one attached hydrogen (secondary N) is 4. The van der Waals surface area contributed by atoms with Gasteiger partial charge in [0.15, 0.2) is 6.10 Å². The lowest BCUT2D eigenvalue weighted by molar-refractivity contribution is -0.126. The summed E-state index contributed by atoms with van der Waals surface area (Å²) in [7, 11) is 1.55. The maximum atomic E-state index is 13.1. The highest BCUT2D eigenvalue weighted by Crippen LogP contribution is 2.26. The van der Waals surface area contributed by atoms with Gasteiger partial charge in [0.2, 0.25) is 11.8 Å². The van der Waals surface area contributed by atoms with Crippen molar-refractivity contribution in [1.82, 2.24) is 20.9 Å². The minimum Gasteiger partial charge on any atom is -0.496 e. The smallest absolute Gasteiger partial charge is 0.268 e. The van der Waals surface area contributed by atoms with Gasteiger partial charge in [-0.2, -0.15) is 5.26 Å². The number of rotatable bonds is 10. The number of methoxy groups -OCH3 is 1. The quantitative estimate of drug-likeness (QED) is 0.329. The molecule has 182 valence electrons. The number of ether oxygens (including phenoxy) is 1. The molecule has 0 saturated carbocycles. The number of aliphatic hydroxyl groups excluding tert-OH is 1. The van der Waals surface area contributed by atoms with Crippen LogP contribution in [-0.4, -0.2) is 59.7 Å². The molecular formula is C24H31N5O5. The Morgan fingerprint density at radius 3 is 2.71 bits per heavy atom. The fourth-order valence-electron chi connectivity index (χ4n) is 4.18. The van der Waals surface area contributed by atoms with Crippen molar-refractivity contribution in [3.05, 3.63) is 30.0 Å². The van der Waals surface area contributed by atoms with Gasteiger partial charge in [-0.05, 0) is 43.4 Å². The monoisotopic (exact) mass is 469 g/mol. The van der Waals surface area contributed by atoms with Crippen LogP contribution in [0.5, 0.6) is 5.75 Å². The number of amides is 3. The molecule has 0 bridgehead atoms. The molecular weight excluding hydrogens is 438 g/mol. The lowest BCUT2D eigenvalue weighted by Gasteiger charge is -2.26. The fourth-order valence-corrected chi connectivity index (χ4v) is 4.18. The highest BCUT2D eigenvalue weighted by atomic mass is 16.5. The molecule has 1 unspecified atom stereocenters. The third-order valence-electron chi connectivity index (χ3n) is 5.96. The fraction of sp³-hybridized carbons (Fsp3) is 0.500. The summed E-state index contributed by atoms with van der Waals surface area (Å²) in [4.78, 5) is 41.1. The van der Waals surface area contributed by atoms with Gasteiger partial charge in [0, 0.05) is 23.4 Å². The van der Waals surface area contributed by atoms with Crippen molar-refractivity contribution in [2.75, 3.05) is 13.7 Å². The average Bonchev–Trinajstić information content (AvgIpc) is 3.43. The number of carbonyl (C=O) groups excluding carboxylic acids is 3. The van der Waals surface area contributed by atoms with Crippen LogP contribution in [0.15, 0.2) is 24.3 Å². The molecule has 1 aliphatic heterocycles. The topological polar surface area (TPSA) is 156 Å². The van der Waals surface area contributed by atoms with Gasteiger partial charge in [0.25, 0.3) is 5.91 Å². The van der Waals surface area contributed by atoms with Gasteiger partial charge in [-0.15, -0.1) is 0 Å². The van der Waals surface area contributed by atoms with E-state index >= 15 is 0 Å². The van der Waals surface area contributed by atoms with E-state index in [4.69, 9.17) is 4.74 Å². The van der Waals surface area contributed by atoms with Crippen molar-refractivity contribution in [3.63, 3.8) is 0 Å². The van der Waals surface area contributed by atoms with E-state index in [1.54, 1.807) is 31.4 Å². The Morgan fingerprint density at radius 1 is 1.32 bits per heavy atom. The molecule has 1 saturated heterocycles. The Bertz CT molecular complexity index is 1090. The number of hydrogen-bond donors (Lipinski definition) is 5. The molecule has 4 atom stereocenters. The lowest BCUT2D eigenvalue weighted by Crippen LogP contribution is -2.53. The van der Waals surface area contributed by atoms with Crippen LogP contribution in [0.2, 0.25) is 0 Å². The van der Waals surface area contributed by atoms with Crippen LogP contribution in [0.3, 0.4) is 0 Å². The van der Waals surface area contributed by atoms with Crippen LogP contribution in [0.25, 0.3) is 10.9 Å². The number of nitrogens with zero attached hydrogens (tertiary/aromatic N) is 1. The molecule has 10 nitrogen and oxygen atoms in total. The molecule has 1 aliphatic rings. The Balaban J connectivity index is 1.75. The van der Waals surface area contributed by atoms with E-state index in [1.807, 2.05) is 19.9 Å². The SMILES string of the molecule is COc1cccc2[nH]c(C(=O)N[C@@H](CC(C)C)C(=O)N[C@H](C[C@H]3CCNC3=O)C(O)C#N)cc12. The minimum atomic E-state index is -1.48. The third kappa shape index (κ3) is 5.85. The zero-order chi connectivity index (χ0) is 24.8. The highest BCUT2D eigenvalue weighted by molar-refractivity contribution is 6.01. The summed E-state index contributed by atoms with van der Waals surface area (Å²) in [6.07, 6.45) is -0.426. The summed E-state index contributed by atoms with van der Waals surface area (Å²) in [5, 5.41) is 28.3. The summed E-state index contributed by atoms with van der Waals surface area (Å²) in [5.41, 5.74) is 0.999. The first kappa shape index (κ1) is 25.1. The molecule has 2 heterocycles. The molecule has 1 aromatic heterocycles. The second kappa shape index (κ2) is 11.0. The summed E-state index contributed by atoms with van der Waals surface area (Å²) >= 11 is 0. The Morgan fingerprint density at radius 2 is 2.09 bits per heavy atom. The van der Waals surface area contributed by atoms with E-state index in [1.165, 1.54) is 0 Å². The summed E-state index contributed by atoms with van der Waals surface area (Å²) in [6.45, 7) is 4.36. The van der Waals surface area contributed by atoms with E-state index in [9.17, 15) is 24.8 Å². The number of aromatic amines is 1.